The van der Waals surface area contributed by atoms with Crippen LogP contribution < -0.4 is 20.7 Å². The monoisotopic (exact) mass is 714 g/mol. The molecule has 6 rings (SSSR count). The van der Waals surface area contributed by atoms with Crippen LogP contribution in [0.1, 0.15) is 70.4 Å². The maximum Gasteiger partial charge on any atom is 0.335 e. The summed E-state index contributed by atoms with van der Waals surface area (Å²) in [6.07, 6.45) is 1.57. The number of imidazole rings is 1. The second-order valence-corrected chi connectivity index (χ2v) is 13.1. The summed E-state index contributed by atoms with van der Waals surface area (Å²) in [6.45, 7) is 5.04. The van der Waals surface area contributed by atoms with E-state index in [0.29, 0.717) is 39.7 Å². The van der Waals surface area contributed by atoms with Gasteiger partial charge in [0.1, 0.15) is 30.1 Å². The lowest BCUT2D eigenvalue weighted by atomic mass is 10.1. The molecule has 1 saturated heterocycles. The Morgan fingerprint density at radius 1 is 0.943 bits per heavy atom. The minimum atomic E-state index is -1.10. The number of hydrogen-bond donors (Lipinski definition) is 5. The van der Waals surface area contributed by atoms with Crippen LogP contribution in [0.15, 0.2) is 97.1 Å². The third-order valence-electron chi connectivity index (χ3n) is 9.41. The maximum atomic E-state index is 14.3. The molecule has 4 aromatic carbocycles. The van der Waals surface area contributed by atoms with Crippen LogP contribution in [0.2, 0.25) is 0 Å². The Hall–Kier alpha value is -6.50. The van der Waals surface area contributed by atoms with Crippen molar-refractivity contribution in [2.75, 3.05) is 18.0 Å². The van der Waals surface area contributed by atoms with Gasteiger partial charge in [-0.2, -0.15) is 0 Å². The molecule has 1 aliphatic heterocycles. The second-order valence-electron chi connectivity index (χ2n) is 13.1. The van der Waals surface area contributed by atoms with Gasteiger partial charge in [-0.05, 0) is 86.1 Å². The van der Waals surface area contributed by atoms with Crippen LogP contribution in [-0.4, -0.2) is 68.2 Å². The lowest BCUT2D eigenvalue weighted by Crippen LogP contribution is -2.40. The summed E-state index contributed by atoms with van der Waals surface area (Å²) in [5.74, 6) is -0.300. The van der Waals surface area contributed by atoms with Crippen LogP contribution in [0.4, 0.5) is 5.69 Å². The first kappa shape index (κ1) is 36.3. The zero-order chi connectivity index (χ0) is 37.6. The molecule has 13 nitrogen and oxygen atoms in total. The van der Waals surface area contributed by atoms with Crippen LogP contribution in [0.25, 0.3) is 11.0 Å². The molecule has 1 atom stereocenters. The smallest absolute Gasteiger partial charge is 0.335 e. The van der Waals surface area contributed by atoms with E-state index in [4.69, 9.17) is 26.3 Å². The number of carbonyl (C=O) groups excluding carboxylic acids is 2. The Morgan fingerprint density at radius 3 is 2.21 bits per heavy atom. The number of carboxylic acids is 1. The number of amidine groups is 2. The highest BCUT2D eigenvalue weighted by Gasteiger charge is 2.25. The normalized spacial score (nSPS) is 13.7. The fourth-order valence-electron chi connectivity index (χ4n) is 6.44. The molecule has 1 unspecified atom stereocenters. The van der Waals surface area contributed by atoms with Gasteiger partial charge in [0.05, 0.1) is 35.0 Å². The predicted octanol–water partition coefficient (Wildman–Crippen LogP) is 5.58. The minimum absolute atomic E-state index is 0.00232. The number of carbonyl (C=O) groups is 3. The molecule has 0 saturated carbocycles. The number of amides is 2. The van der Waals surface area contributed by atoms with Crippen LogP contribution in [-0.2, 0) is 17.9 Å². The van der Waals surface area contributed by atoms with Crippen molar-refractivity contribution in [2.45, 2.75) is 51.9 Å². The molecule has 6 N–H and O–H groups in total. The summed E-state index contributed by atoms with van der Waals surface area (Å²) in [7, 11) is 0. The third-order valence-corrected chi connectivity index (χ3v) is 9.41. The lowest BCUT2D eigenvalue weighted by Gasteiger charge is -2.33. The highest BCUT2D eigenvalue weighted by Crippen LogP contribution is 2.27. The first-order chi connectivity index (χ1) is 25.5. The number of nitrogens with two attached hydrogens (primary N) is 1. The maximum absolute atomic E-state index is 14.3. The van der Waals surface area contributed by atoms with E-state index >= 15 is 0 Å². The van der Waals surface area contributed by atoms with Gasteiger partial charge in [-0.15, -0.1) is 0 Å². The zero-order valence-electron chi connectivity index (χ0n) is 29.6. The highest BCUT2D eigenvalue weighted by molar-refractivity contribution is 6.06. The minimum Gasteiger partial charge on any atom is -0.490 e. The van der Waals surface area contributed by atoms with Crippen molar-refractivity contribution < 1.29 is 24.2 Å². The van der Waals surface area contributed by atoms with E-state index in [1.165, 1.54) is 29.2 Å². The van der Waals surface area contributed by atoms with E-state index in [1.54, 1.807) is 54.0 Å². The van der Waals surface area contributed by atoms with Gasteiger partial charge in [0.15, 0.2) is 0 Å². The number of ether oxygens (including phenoxy) is 1. The molecule has 2 amide bonds. The Kier molecular flexibility index (Phi) is 10.8. The Bertz CT molecular complexity index is 2140. The zero-order valence-corrected chi connectivity index (χ0v) is 29.6. The third kappa shape index (κ3) is 8.52. The Balaban J connectivity index is 1.33. The van der Waals surface area contributed by atoms with Gasteiger partial charge in [0, 0.05) is 42.7 Å². The fourth-order valence-corrected chi connectivity index (χ4v) is 6.44. The van der Waals surface area contributed by atoms with E-state index in [2.05, 4.69) is 5.32 Å². The quantitative estimate of drug-likeness (QED) is 0.0817. The number of carboxylic acid groups (broad SMARTS) is 1. The van der Waals surface area contributed by atoms with Gasteiger partial charge in [0.25, 0.3) is 5.91 Å². The van der Waals surface area contributed by atoms with Gasteiger partial charge in [0.2, 0.25) is 5.91 Å². The van der Waals surface area contributed by atoms with Crippen molar-refractivity contribution in [1.82, 2.24) is 19.8 Å². The van der Waals surface area contributed by atoms with Gasteiger partial charge >= 0.3 is 5.97 Å². The molecule has 1 aliphatic rings. The van der Waals surface area contributed by atoms with Crippen LogP contribution in [0.5, 0.6) is 5.75 Å². The van der Waals surface area contributed by atoms with Crippen molar-refractivity contribution in [3.05, 3.63) is 125 Å². The number of nitrogen functional groups attached to an aromatic ring is 1. The molecule has 2 heterocycles. The summed E-state index contributed by atoms with van der Waals surface area (Å²) in [5.41, 5.74) is 9.19. The van der Waals surface area contributed by atoms with Gasteiger partial charge < -0.3 is 35.3 Å². The van der Waals surface area contributed by atoms with E-state index < -0.39 is 11.9 Å². The number of hydrogen-bond acceptors (Lipinski definition) is 7. The van der Waals surface area contributed by atoms with E-state index in [1.807, 2.05) is 42.2 Å². The topological polar surface area (TPSA) is 191 Å². The Labute approximate surface area is 307 Å². The van der Waals surface area contributed by atoms with Gasteiger partial charge in [-0.3, -0.25) is 20.4 Å². The summed E-state index contributed by atoms with van der Waals surface area (Å²) in [6, 6.07) is 27.4. The summed E-state index contributed by atoms with van der Waals surface area (Å²) in [5, 5.41) is 28.3. The average molecular weight is 715 g/mol. The molecule has 0 spiro atoms. The van der Waals surface area contributed by atoms with Crippen LogP contribution >= 0.6 is 0 Å². The fraction of sp³-hybridized carbons (Fsp3) is 0.250. The SMILES string of the molecule is CC(=N)N1CCC(Oc2ccc(N(Cc3nc4cc(C(=N)N)ccc4n3CC(=O)NC(C)c3ccccc3)C(=O)c3ccc(C(=O)O)cc3)cc2)CC1. The van der Waals surface area contributed by atoms with E-state index in [-0.39, 0.29) is 48.1 Å². The first-order valence-electron chi connectivity index (χ1n) is 17.4. The van der Waals surface area contributed by atoms with Crippen molar-refractivity contribution in [1.29, 1.82) is 10.8 Å². The molecular weight excluding hydrogens is 672 g/mol. The first-order valence-corrected chi connectivity index (χ1v) is 17.4. The van der Waals surface area contributed by atoms with Gasteiger partial charge in [-0.1, -0.05) is 30.3 Å². The Morgan fingerprint density at radius 2 is 1.58 bits per heavy atom. The van der Waals surface area contributed by atoms with Crippen molar-refractivity contribution in [3.63, 3.8) is 0 Å². The number of fused-ring (bicyclic) bond motifs is 1. The molecule has 1 fully saturated rings. The number of nitrogens with one attached hydrogen (secondary N) is 3. The number of aromatic carboxylic acids is 1. The second kappa shape index (κ2) is 15.8. The highest BCUT2D eigenvalue weighted by atomic mass is 16.5. The molecule has 53 heavy (non-hydrogen) atoms. The number of benzene rings is 4. The summed E-state index contributed by atoms with van der Waals surface area (Å²) in [4.78, 5) is 47.8. The molecule has 0 aliphatic carbocycles. The average Bonchev–Trinajstić information content (AvgIpc) is 3.50. The van der Waals surface area contributed by atoms with E-state index in [0.717, 1.165) is 31.5 Å². The standard InChI is InChI=1S/C40H42N8O5/c1-25(27-6-4-3-5-7-27)44-37(49)24-48-35-17-12-30(38(42)43)22-34(35)45-36(48)23-47(39(50)28-8-10-29(11-9-28)40(51)52)31-13-15-32(16-14-31)53-33-18-20-46(21-19-33)26(2)41/h3-17,22,25,33,41H,18-21,23-24H2,1-2H3,(H3,42,43)(H,44,49)(H,51,52). The summed E-state index contributed by atoms with van der Waals surface area (Å²) < 4.78 is 8.02. The predicted molar refractivity (Wildman–Crippen MR) is 203 cm³/mol. The van der Waals surface area contributed by atoms with Crippen molar-refractivity contribution in [3.8, 4) is 5.75 Å². The number of aromatic nitrogens is 2. The molecular formula is C40H42N8O5. The van der Waals surface area contributed by atoms with E-state index in [9.17, 15) is 19.5 Å². The van der Waals surface area contributed by atoms with Crippen molar-refractivity contribution >= 4 is 46.2 Å². The van der Waals surface area contributed by atoms with Gasteiger partial charge in [-0.25, -0.2) is 9.78 Å². The van der Waals surface area contributed by atoms with Crippen LogP contribution in [0.3, 0.4) is 0 Å². The lowest BCUT2D eigenvalue weighted by molar-refractivity contribution is -0.122. The number of anilines is 1. The number of rotatable bonds is 12. The van der Waals surface area contributed by atoms with Crippen LogP contribution in [0, 0.1) is 10.8 Å². The molecule has 1 aromatic heterocycles. The molecule has 5 aromatic rings. The number of nitrogens with zero attached hydrogens (tertiary/aromatic N) is 4. The molecule has 0 bridgehead atoms. The molecule has 13 heteroatoms. The largest absolute Gasteiger partial charge is 0.490 e. The number of likely N-dealkylation sites (tertiary alicyclic amines) is 1. The number of piperidine rings is 1. The summed E-state index contributed by atoms with van der Waals surface area (Å²) >= 11 is 0. The molecule has 272 valence electrons. The molecule has 0 radical (unpaired) electrons. The van der Waals surface area contributed by atoms with Crippen molar-refractivity contribution in [2.24, 2.45) is 5.73 Å².